The molecule has 140 valence electrons. The van der Waals surface area contributed by atoms with Crippen LogP contribution in [0.15, 0.2) is 36.4 Å². The van der Waals surface area contributed by atoms with Gasteiger partial charge in [-0.1, -0.05) is 31.2 Å². The Kier molecular flexibility index (Phi) is 6.88. The van der Waals surface area contributed by atoms with Gasteiger partial charge in [0.2, 0.25) is 0 Å². The van der Waals surface area contributed by atoms with Crippen molar-refractivity contribution >= 4 is 23.1 Å². The molecule has 1 N–H and O–H groups in total. The lowest BCUT2D eigenvalue weighted by Gasteiger charge is -2.21. The van der Waals surface area contributed by atoms with Crippen LogP contribution < -0.4 is 9.80 Å². The minimum atomic E-state index is -2.67. The number of rotatable bonds is 6. The minimum Gasteiger partial charge on any atom is -0.489 e. The molecule has 0 aliphatic heterocycles. The maximum absolute atomic E-state index is 13.0. The van der Waals surface area contributed by atoms with Gasteiger partial charge in [-0.25, -0.2) is 8.78 Å². The summed E-state index contributed by atoms with van der Waals surface area (Å²) in [4.78, 5) is 0. The molecule has 0 aromatic heterocycles. The zero-order valence-corrected chi connectivity index (χ0v) is 15.6. The van der Waals surface area contributed by atoms with Crippen molar-refractivity contribution in [1.29, 1.82) is 0 Å². The van der Waals surface area contributed by atoms with E-state index in [-0.39, 0.29) is 23.0 Å². The van der Waals surface area contributed by atoms with Gasteiger partial charge in [-0.2, -0.15) is 5.06 Å². The van der Waals surface area contributed by atoms with Crippen molar-refractivity contribution in [3.63, 3.8) is 0 Å². The molecule has 0 spiro atoms. The second kappa shape index (κ2) is 8.91. The maximum atomic E-state index is 13.0. The molecule has 0 aliphatic rings. The number of hydrogen-bond acceptors (Lipinski definition) is 4. The molecule has 0 aliphatic carbocycles. The highest BCUT2D eigenvalue weighted by molar-refractivity contribution is 7.80. The van der Waals surface area contributed by atoms with Crippen molar-refractivity contribution in [2.75, 3.05) is 12.2 Å². The Hall–Kier alpha value is -2.25. The van der Waals surface area contributed by atoms with E-state index in [1.54, 1.807) is 0 Å². The third-order valence-electron chi connectivity index (χ3n) is 3.97. The summed E-state index contributed by atoms with van der Waals surface area (Å²) in [6.07, 6.45) is -1.74. The summed E-state index contributed by atoms with van der Waals surface area (Å²) < 4.78 is 36.6. The van der Waals surface area contributed by atoms with E-state index in [4.69, 9.17) is 21.7 Å². The predicted molar refractivity (Wildman–Crippen MR) is 100 cm³/mol. The first-order valence-corrected chi connectivity index (χ1v) is 8.48. The Balaban J connectivity index is 2.29. The Morgan fingerprint density at radius 2 is 1.96 bits per heavy atom. The summed E-state index contributed by atoms with van der Waals surface area (Å²) in [5.41, 5.74) is 2.53. The van der Waals surface area contributed by atoms with E-state index in [1.165, 1.54) is 30.9 Å². The number of methoxy groups -OCH3 is 1. The van der Waals surface area contributed by atoms with Crippen molar-refractivity contribution in [3.05, 3.63) is 58.7 Å². The largest absolute Gasteiger partial charge is 0.489 e. The molecule has 0 unspecified atom stereocenters. The fraction of sp³-hybridized carbons (Fsp3) is 0.316. The van der Waals surface area contributed by atoms with Crippen LogP contribution in [0, 0.1) is 6.92 Å². The van der Waals surface area contributed by atoms with E-state index in [0.717, 1.165) is 12.0 Å². The van der Waals surface area contributed by atoms with Crippen LogP contribution in [0.25, 0.3) is 0 Å². The van der Waals surface area contributed by atoms with Crippen molar-refractivity contribution in [2.45, 2.75) is 33.3 Å². The highest BCUT2D eigenvalue weighted by atomic mass is 32.1. The van der Waals surface area contributed by atoms with Crippen LogP contribution in [0.4, 0.5) is 14.5 Å². The minimum absolute atomic E-state index is 0.0779. The lowest BCUT2D eigenvalue weighted by Crippen LogP contribution is -2.27. The highest BCUT2D eigenvalue weighted by Gasteiger charge is 2.18. The lowest BCUT2D eigenvalue weighted by atomic mass is 10.1. The number of anilines is 1. The molecule has 7 heteroatoms. The molecule has 26 heavy (non-hydrogen) atoms. The number of aryl methyl sites for hydroxylation is 2. The first kappa shape index (κ1) is 20.1. The third kappa shape index (κ3) is 4.68. The van der Waals surface area contributed by atoms with Gasteiger partial charge in [0.25, 0.3) is 11.6 Å². The molecular formula is C19H21F2NO3S. The summed E-state index contributed by atoms with van der Waals surface area (Å²) in [7, 11) is 1.29. The van der Waals surface area contributed by atoms with Crippen LogP contribution in [0.3, 0.4) is 0 Å². The highest BCUT2D eigenvalue weighted by Crippen LogP contribution is 2.29. The average Bonchev–Trinajstić information content (AvgIpc) is 2.65. The molecule has 0 saturated heterocycles. The second-order valence-electron chi connectivity index (χ2n) is 5.71. The van der Waals surface area contributed by atoms with Crippen LogP contribution in [-0.2, 0) is 17.8 Å². The molecule has 2 aromatic rings. The van der Waals surface area contributed by atoms with Crippen molar-refractivity contribution in [3.8, 4) is 5.75 Å². The van der Waals surface area contributed by atoms with Gasteiger partial charge in [-0.05, 0) is 48.8 Å². The summed E-state index contributed by atoms with van der Waals surface area (Å²) >= 11 is 4.88. The van der Waals surface area contributed by atoms with Crippen LogP contribution in [0.5, 0.6) is 5.75 Å². The second-order valence-corrected chi connectivity index (χ2v) is 6.06. The van der Waals surface area contributed by atoms with E-state index in [0.29, 0.717) is 16.4 Å². The van der Waals surface area contributed by atoms with Gasteiger partial charge in [-0.15, -0.1) is 0 Å². The van der Waals surface area contributed by atoms with E-state index in [2.05, 4.69) is 6.92 Å². The first-order valence-electron chi connectivity index (χ1n) is 8.07. The molecule has 0 radical (unpaired) electrons. The van der Waals surface area contributed by atoms with Gasteiger partial charge in [0.1, 0.15) is 12.4 Å². The SMILES string of the molecule is CCc1ccc(OCc2ccc(C(F)F)cc2N(O)C(=S)OC)c(C)c1. The van der Waals surface area contributed by atoms with Gasteiger partial charge < -0.3 is 9.47 Å². The number of benzene rings is 2. The molecule has 0 atom stereocenters. The maximum Gasteiger partial charge on any atom is 0.288 e. The number of hydrogen-bond donors (Lipinski definition) is 1. The van der Waals surface area contributed by atoms with Crippen molar-refractivity contribution in [1.82, 2.24) is 0 Å². The fourth-order valence-corrected chi connectivity index (χ4v) is 2.57. The van der Waals surface area contributed by atoms with Gasteiger partial charge in [0, 0.05) is 11.1 Å². The third-order valence-corrected chi connectivity index (χ3v) is 4.31. The molecule has 0 amide bonds. The number of ether oxygens (including phenoxy) is 2. The lowest BCUT2D eigenvalue weighted by molar-refractivity contribution is 0.151. The molecule has 0 bridgehead atoms. The smallest absolute Gasteiger partial charge is 0.288 e. The molecule has 0 fully saturated rings. The predicted octanol–water partition coefficient (Wildman–Crippen LogP) is 5.20. The van der Waals surface area contributed by atoms with Crippen LogP contribution >= 0.6 is 12.2 Å². The summed E-state index contributed by atoms with van der Waals surface area (Å²) in [6.45, 7) is 4.09. The first-order chi connectivity index (χ1) is 12.4. The monoisotopic (exact) mass is 381 g/mol. The number of halogens is 2. The molecule has 4 nitrogen and oxygen atoms in total. The quantitative estimate of drug-likeness (QED) is 0.550. The Bertz CT molecular complexity index is 783. The van der Waals surface area contributed by atoms with Gasteiger partial charge in [0.15, 0.2) is 0 Å². The van der Waals surface area contributed by atoms with E-state index in [1.807, 2.05) is 25.1 Å². The Labute approximate surface area is 156 Å². The van der Waals surface area contributed by atoms with Gasteiger partial charge in [-0.3, -0.25) is 5.21 Å². The zero-order valence-electron chi connectivity index (χ0n) is 14.8. The van der Waals surface area contributed by atoms with Crippen LogP contribution in [0.1, 0.15) is 35.6 Å². The summed E-state index contributed by atoms with van der Waals surface area (Å²) in [6, 6.07) is 9.83. The summed E-state index contributed by atoms with van der Waals surface area (Å²) in [5, 5.41) is 10.5. The number of thiocarbonyl (C=S) groups is 1. The number of hydroxylamine groups is 1. The normalized spacial score (nSPS) is 10.7. The number of alkyl halides is 2. The summed E-state index contributed by atoms with van der Waals surface area (Å²) in [5.74, 6) is 0.685. The average molecular weight is 381 g/mol. The molecule has 0 saturated carbocycles. The molecule has 2 aromatic carbocycles. The fourth-order valence-electron chi connectivity index (χ4n) is 2.47. The Morgan fingerprint density at radius 3 is 2.54 bits per heavy atom. The van der Waals surface area contributed by atoms with Gasteiger partial charge >= 0.3 is 0 Å². The Morgan fingerprint density at radius 1 is 1.23 bits per heavy atom. The molecular weight excluding hydrogens is 360 g/mol. The van der Waals surface area contributed by atoms with Gasteiger partial charge in [0.05, 0.1) is 12.8 Å². The zero-order chi connectivity index (χ0) is 19.3. The van der Waals surface area contributed by atoms with Crippen molar-refractivity contribution in [2.24, 2.45) is 0 Å². The van der Waals surface area contributed by atoms with Crippen LogP contribution in [0.2, 0.25) is 0 Å². The van der Waals surface area contributed by atoms with E-state index < -0.39 is 6.43 Å². The molecule has 0 heterocycles. The van der Waals surface area contributed by atoms with E-state index >= 15 is 0 Å². The van der Waals surface area contributed by atoms with E-state index in [9.17, 15) is 14.0 Å². The number of nitrogens with zero attached hydrogens (tertiary/aromatic N) is 1. The van der Waals surface area contributed by atoms with Crippen LogP contribution in [-0.4, -0.2) is 17.5 Å². The standard InChI is InChI=1S/C19H21F2NO3S/c1-4-13-5-8-17(12(2)9-13)25-11-15-7-6-14(18(20)21)10-16(15)22(23)19(26)24-3/h5-10,18,23H,4,11H2,1-3H3. The molecule has 2 rings (SSSR count). The topological polar surface area (TPSA) is 41.9 Å². The van der Waals surface area contributed by atoms with Crippen molar-refractivity contribution < 1.29 is 23.5 Å².